The lowest BCUT2D eigenvalue weighted by Gasteiger charge is -2.44. The van der Waals surface area contributed by atoms with E-state index in [0.717, 1.165) is 12.1 Å². The topological polar surface area (TPSA) is 49.4 Å². The highest BCUT2D eigenvalue weighted by molar-refractivity contribution is 5.98. The first-order chi connectivity index (χ1) is 16.7. The summed E-state index contributed by atoms with van der Waals surface area (Å²) in [4.78, 5) is 28.5. The molecular formula is C27H26F4N2O2. The molecule has 1 saturated heterocycles. The lowest BCUT2D eigenvalue weighted by Crippen LogP contribution is -2.55. The van der Waals surface area contributed by atoms with Crippen LogP contribution < -0.4 is 5.32 Å². The number of hydrogen-bond acceptors (Lipinski definition) is 2. The monoisotopic (exact) mass is 486 g/mol. The predicted octanol–water partition coefficient (Wildman–Crippen LogP) is 6.14. The Morgan fingerprint density at radius 1 is 1.09 bits per heavy atom. The van der Waals surface area contributed by atoms with Crippen molar-refractivity contribution in [3.05, 3.63) is 89.3 Å². The van der Waals surface area contributed by atoms with E-state index in [4.69, 9.17) is 0 Å². The van der Waals surface area contributed by atoms with E-state index < -0.39 is 41.3 Å². The molecule has 0 bridgehead atoms. The maximum absolute atomic E-state index is 14.7. The maximum Gasteiger partial charge on any atom is 0.416 e. The molecule has 3 atom stereocenters. The van der Waals surface area contributed by atoms with Crippen molar-refractivity contribution in [2.24, 2.45) is 11.8 Å². The van der Waals surface area contributed by atoms with E-state index in [-0.39, 0.29) is 17.2 Å². The van der Waals surface area contributed by atoms with E-state index in [0.29, 0.717) is 31.4 Å². The van der Waals surface area contributed by atoms with E-state index in [9.17, 15) is 27.2 Å². The number of nitrogens with zero attached hydrogens (tertiary/aromatic N) is 1. The molecule has 2 amide bonds. The van der Waals surface area contributed by atoms with Crippen LogP contribution >= 0.6 is 0 Å². The van der Waals surface area contributed by atoms with E-state index in [1.54, 1.807) is 17.9 Å². The molecule has 0 radical (unpaired) electrons. The number of hydrogen-bond donors (Lipinski definition) is 1. The van der Waals surface area contributed by atoms with E-state index in [2.05, 4.69) is 5.32 Å². The second-order valence-electron chi connectivity index (χ2n) is 8.95. The highest BCUT2D eigenvalue weighted by Gasteiger charge is 2.43. The fraction of sp³-hybridized carbons (Fsp3) is 0.333. The Labute approximate surface area is 201 Å². The molecule has 0 aromatic heterocycles. The molecule has 8 heteroatoms. The third-order valence-corrected chi connectivity index (χ3v) is 6.63. The molecule has 4 rings (SSSR count). The van der Waals surface area contributed by atoms with Crippen LogP contribution in [0.5, 0.6) is 0 Å². The van der Waals surface area contributed by atoms with Crippen molar-refractivity contribution in [2.75, 3.05) is 11.9 Å². The van der Waals surface area contributed by atoms with Gasteiger partial charge in [0, 0.05) is 18.2 Å². The fourth-order valence-electron chi connectivity index (χ4n) is 4.98. The van der Waals surface area contributed by atoms with Crippen molar-refractivity contribution >= 4 is 17.5 Å². The zero-order valence-electron chi connectivity index (χ0n) is 19.2. The molecule has 35 heavy (non-hydrogen) atoms. The lowest BCUT2D eigenvalue weighted by atomic mass is 9.77. The van der Waals surface area contributed by atoms with Crippen LogP contribution in [0.25, 0.3) is 0 Å². The summed E-state index contributed by atoms with van der Waals surface area (Å²) in [5.41, 5.74) is -0.339. The molecule has 2 aromatic carbocycles. The Bertz CT molecular complexity index is 1150. The van der Waals surface area contributed by atoms with Gasteiger partial charge in [-0.3, -0.25) is 9.59 Å². The number of allylic oxidation sites excluding steroid dienone is 3. The highest BCUT2D eigenvalue weighted by Crippen LogP contribution is 2.36. The number of aryl methyl sites for hydroxylation is 1. The molecule has 1 aliphatic heterocycles. The van der Waals surface area contributed by atoms with E-state index >= 15 is 0 Å². The van der Waals surface area contributed by atoms with Crippen molar-refractivity contribution in [2.45, 2.75) is 38.4 Å². The number of piperidine rings is 1. The summed E-state index contributed by atoms with van der Waals surface area (Å²) in [5, 5.41) is 2.62. The number of rotatable bonds is 4. The molecular weight excluding hydrogens is 460 g/mol. The average molecular weight is 487 g/mol. The second-order valence-corrected chi connectivity index (χ2v) is 8.95. The minimum atomic E-state index is -4.53. The largest absolute Gasteiger partial charge is 0.416 e. The molecule has 184 valence electrons. The predicted molar refractivity (Wildman–Crippen MR) is 125 cm³/mol. The normalized spacial score (nSPS) is 22.2. The summed E-state index contributed by atoms with van der Waals surface area (Å²) < 4.78 is 54.0. The maximum atomic E-state index is 14.7. The Balaban J connectivity index is 1.65. The van der Waals surface area contributed by atoms with Gasteiger partial charge in [0.1, 0.15) is 5.82 Å². The average Bonchev–Trinajstić information content (AvgIpc) is 2.83. The van der Waals surface area contributed by atoms with E-state index in [1.807, 2.05) is 24.3 Å². The third kappa shape index (κ3) is 5.31. The molecule has 2 aromatic rings. The number of alkyl halides is 3. The van der Waals surface area contributed by atoms with Gasteiger partial charge in [0.25, 0.3) is 5.91 Å². The number of carbonyl (C=O) groups is 2. The van der Waals surface area contributed by atoms with Crippen LogP contribution in [0.3, 0.4) is 0 Å². The molecule has 0 spiro atoms. The Morgan fingerprint density at radius 2 is 1.86 bits per heavy atom. The van der Waals surface area contributed by atoms with Crippen LogP contribution in [0.2, 0.25) is 0 Å². The van der Waals surface area contributed by atoms with Crippen molar-refractivity contribution in [3.8, 4) is 0 Å². The van der Waals surface area contributed by atoms with Gasteiger partial charge >= 0.3 is 6.18 Å². The summed E-state index contributed by atoms with van der Waals surface area (Å²) in [6.45, 7) is 2.02. The van der Waals surface area contributed by atoms with E-state index in [1.165, 1.54) is 24.3 Å². The standard InChI is InChI=1S/C27H26F4N2O2/c1-17-8-5-14-22(28)23(17)26(35)33-15-7-13-21(24(33)18-9-3-2-4-10-18)25(34)32-20-12-6-11-19(16-20)27(29,30)31/h2-6,8-9,11-12,14,16,18,21,24H,7,10,13,15H2,1H3,(H,32,34)/t18-,21+,24?/m1/s1. The highest BCUT2D eigenvalue weighted by atomic mass is 19.4. The molecule has 1 heterocycles. The second kappa shape index (κ2) is 10.1. The van der Waals surface area contributed by atoms with Crippen LogP contribution in [-0.2, 0) is 11.0 Å². The zero-order chi connectivity index (χ0) is 25.2. The fourth-order valence-corrected chi connectivity index (χ4v) is 4.98. The first-order valence-corrected chi connectivity index (χ1v) is 11.5. The number of nitrogens with one attached hydrogen (secondary N) is 1. The van der Waals surface area contributed by atoms with Gasteiger partial charge in [-0.25, -0.2) is 4.39 Å². The van der Waals surface area contributed by atoms with Gasteiger partial charge in [-0.05, 0) is 56.0 Å². The Kier molecular flexibility index (Phi) is 7.10. The summed E-state index contributed by atoms with van der Waals surface area (Å²) in [6, 6.07) is 8.34. The Morgan fingerprint density at radius 3 is 2.54 bits per heavy atom. The number of amides is 2. The van der Waals surface area contributed by atoms with Gasteiger partial charge in [-0.2, -0.15) is 13.2 Å². The number of anilines is 1. The molecule has 1 N–H and O–H groups in total. The van der Waals surface area contributed by atoms with Crippen molar-refractivity contribution in [3.63, 3.8) is 0 Å². The van der Waals surface area contributed by atoms with Gasteiger partial charge in [0.15, 0.2) is 0 Å². The molecule has 1 aliphatic carbocycles. The van der Waals surface area contributed by atoms with Gasteiger partial charge in [-0.15, -0.1) is 0 Å². The summed E-state index contributed by atoms with van der Waals surface area (Å²) in [7, 11) is 0. The van der Waals surface area contributed by atoms with Crippen LogP contribution in [0.4, 0.5) is 23.2 Å². The number of benzene rings is 2. The molecule has 2 aliphatic rings. The van der Waals surface area contributed by atoms with Crippen molar-refractivity contribution < 1.29 is 27.2 Å². The Hall–Kier alpha value is -3.42. The van der Waals surface area contributed by atoms with Crippen LogP contribution in [0.1, 0.15) is 40.7 Å². The molecule has 0 saturated carbocycles. The number of halogens is 4. The van der Waals surface area contributed by atoms with Gasteiger partial charge in [-0.1, -0.05) is 42.5 Å². The summed E-state index contributed by atoms with van der Waals surface area (Å²) in [5.74, 6) is -2.42. The first kappa shape index (κ1) is 24.7. The lowest BCUT2D eigenvalue weighted by molar-refractivity contribution is -0.137. The van der Waals surface area contributed by atoms with Gasteiger partial charge in [0.2, 0.25) is 5.91 Å². The summed E-state index contributed by atoms with van der Waals surface area (Å²) >= 11 is 0. The van der Waals surface area contributed by atoms with Gasteiger partial charge in [0.05, 0.1) is 23.1 Å². The van der Waals surface area contributed by atoms with Gasteiger partial charge < -0.3 is 10.2 Å². The van der Waals surface area contributed by atoms with Crippen molar-refractivity contribution in [1.82, 2.24) is 4.90 Å². The van der Waals surface area contributed by atoms with Crippen LogP contribution in [0.15, 0.2) is 66.8 Å². The zero-order valence-corrected chi connectivity index (χ0v) is 19.2. The SMILES string of the molecule is Cc1cccc(F)c1C(=O)N1CCC[C@H](C(=O)Nc2cccc(C(F)(F)F)c2)C1[C@@H]1C=CC=CC1. The smallest absolute Gasteiger partial charge is 0.334 e. The minimum absolute atomic E-state index is 0.0215. The first-order valence-electron chi connectivity index (χ1n) is 11.5. The quantitative estimate of drug-likeness (QED) is 0.528. The minimum Gasteiger partial charge on any atom is -0.334 e. The molecule has 1 fully saturated rings. The van der Waals surface area contributed by atoms with Crippen LogP contribution in [-0.4, -0.2) is 29.3 Å². The third-order valence-electron chi connectivity index (χ3n) is 6.63. The van der Waals surface area contributed by atoms with Crippen LogP contribution in [0, 0.1) is 24.6 Å². The molecule has 4 nitrogen and oxygen atoms in total. The van der Waals surface area contributed by atoms with Crippen molar-refractivity contribution in [1.29, 1.82) is 0 Å². The number of carbonyl (C=O) groups excluding carboxylic acids is 2. The molecule has 1 unspecified atom stereocenters. The number of likely N-dealkylation sites (tertiary alicyclic amines) is 1. The summed E-state index contributed by atoms with van der Waals surface area (Å²) in [6.07, 6.45) is 4.63.